The van der Waals surface area contributed by atoms with E-state index in [1.807, 2.05) is 12.2 Å². The molecule has 2 aromatic carbocycles. The second-order valence-corrected chi connectivity index (χ2v) is 6.46. The molecule has 0 unspecified atom stereocenters. The van der Waals surface area contributed by atoms with Crippen molar-refractivity contribution in [2.75, 3.05) is 7.11 Å². The predicted molar refractivity (Wildman–Crippen MR) is 109 cm³/mol. The van der Waals surface area contributed by atoms with E-state index in [0.29, 0.717) is 11.3 Å². The van der Waals surface area contributed by atoms with Crippen LogP contribution in [0.5, 0.6) is 17.2 Å². The summed E-state index contributed by atoms with van der Waals surface area (Å²) in [4.78, 5) is 12.1. The maximum absolute atomic E-state index is 12.1. The molecule has 6 nitrogen and oxygen atoms in total. The van der Waals surface area contributed by atoms with Crippen molar-refractivity contribution in [2.24, 2.45) is 0 Å². The Morgan fingerprint density at radius 3 is 2.52 bits per heavy atom. The lowest BCUT2D eigenvalue weighted by atomic mass is 10.0. The maximum Gasteiger partial charge on any atom is 0.187 e. The van der Waals surface area contributed by atoms with Crippen LogP contribution in [0.15, 0.2) is 84.1 Å². The fourth-order valence-corrected chi connectivity index (χ4v) is 2.76. The van der Waals surface area contributed by atoms with Crippen LogP contribution in [-0.4, -0.2) is 33.4 Å². The zero-order chi connectivity index (χ0) is 20.8. The molecule has 0 amide bonds. The summed E-state index contributed by atoms with van der Waals surface area (Å²) in [5.74, 6) is 0.378. The molecule has 29 heavy (non-hydrogen) atoms. The van der Waals surface area contributed by atoms with Gasteiger partial charge in [-0.15, -0.1) is 0 Å². The van der Waals surface area contributed by atoms with E-state index in [0.717, 1.165) is 21.8 Å². The van der Waals surface area contributed by atoms with E-state index >= 15 is 0 Å². The Labute approximate surface area is 168 Å². The Balaban J connectivity index is 1.74. The van der Waals surface area contributed by atoms with Crippen molar-refractivity contribution in [3.8, 4) is 17.2 Å². The number of hydroxylamine groups is 2. The summed E-state index contributed by atoms with van der Waals surface area (Å²) in [6, 6.07) is 11.4. The lowest BCUT2D eigenvalue weighted by Crippen LogP contribution is -2.14. The molecule has 1 aliphatic carbocycles. The normalized spacial score (nSPS) is 15.0. The van der Waals surface area contributed by atoms with Gasteiger partial charge in [0.15, 0.2) is 17.3 Å². The lowest BCUT2D eigenvalue weighted by Gasteiger charge is -2.14. The highest BCUT2D eigenvalue weighted by Gasteiger charge is 2.11. The van der Waals surface area contributed by atoms with E-state index in [1.54, 1.807) is 42.5 Å². The number of phenols is 2. The summed E-state index contributed by atoms with van der Waals surface area (Å²) in [7, 11) is 1.48. The molecular weight excluding hydrogens is 370 g/mol. The largest absolute Gasteiger partial charge is 0.508 e. The van der Waals surface area contributed by atoms with Crippen LogP contribution in [0.25, 0.3) is 6.08 Å². The third-order valence-corrected chi connectivity index (χ3v) is 4.27. The summed E-state index contributed by atoms with van der Waals surface area (Å²) in [5, 5.41) is 30.1. The highest BCUT2D eigenvalue weighted by molar-refractivity contribution is 6.08. The molecule has 0 aliphatic heterocycles. The van der Waals surface area contributed by atoms with Crippen LogP contribution in [0, 0.1) is 0 Å². The number of carbonyl (C=O) groups is 1. The monoisotopic (exact) mass is 391 g/mol. The van der Waals surface area contributed by atoms with Gasteiger partial charge in [0.2, 0.25) is 0 Å². The molecule has 0 atom stereocenters. The number of carbonyl (C=O) groups excluding carboxylic acids is 1. The zero-order valence-electron chi connectivity index (χ0n) is 15.8. The fraction of sp³-hybridized carbons (Fsp3) is 0.0870. The Kier molecular flexibility index (Phi) is 6.16. The standard InChI is InChI=1S/C23H21NO5/c1-29-23-13-17(7-11-22(23)27)3-2-16-6-10-21(26)19(12-16)15-24(28)14-18-4-8-20(25)9-5-18/h2-13,15,25,27-28H,14H2,1H3. The summed E-state index contributed by atoms with van der Waals surface area (Å²) in [6.45, 7) is 0.174. The molecule has 0 aromatic heterocycles. The van der Waals surface area contributed by atoms with Gasteiger partial charge in [-0.05, 0) is 53.1 Å². The smallest absolute Gasteiger partial charge is 0.187 e. The van der Waals surface area contributed by atoms with E-state index in [-0.39, 0.29) is 23.8 Å². The molecule has 3 N–H and O–H groups in total. The Bertz CT molecular complexity index is 1020. The topological polar surface area (TPSA) is 90.2 Å². The van der Waals surface area contributed by atoms with E-state index in [9.17, 15) is 20.2 Å². The van der Waals surface area contributed by atoms with Gasteiger partial charge >= 0.3 is 0 Å². The van der Waals surface area contributed by atoms with Crippen LogP contribution in [0.4, 0.5) is 0 Å². The van der Waals surface area contributed by atoms with Crippen molar-refractivity contribution in [2.45, 2.75) is 6.54 Å². The molecule has 0 saturated carbocycles. The third kappa shape index (κ3) is 5.37. The fourth-order valence-electron chi connectivity index (χ4n) is 2.76. The van der Waals surface area contributed by atoms with Gasteiger partial charge in [-0.3, -0.25) is 15.1 Å². The summed E-state index contributed by atoms with van der Waals surface area (Å²) < 4.78 is 5.09. The highest BCUT2D eigenvalue weighted by Crippen LogP contribution is 2.27. The maximum atomic E-state index is 12.1. The molecule has 148 valence electrons. The zero-order valence-corrected chi connectivity index (χ0v) is 15.8. The second-order valence-electron chi connectivity index (χ2n) is 6.46. The first-order chi connectivity index (χ1) is 13.9. The van der Waals surface area contributed by atoms with Gasteiger partial charge in [-0.1, -0.05) is 36.4 Å². The Morgan fingerprint density at radius 2 is 1.79 bits per heavy atom. The van der Waals surface area contributed by atoms with Crippen LogP contribution >= 0.6 is 0 Å². The molecule has 0 saturated heterocycles. The quantitative estimate of drug-likeness (QED) is 0.510. The van der Waals surface area contributed by atoms with Gasteiger partial charge in [0.25, 0.3) is 0 Å². The van der Waals surface area contributed by atoms with Crippen molar-refractivity contribution in [1.29, 1.82) is 0 Å². The second kappa shape index (κ2) is 8.95. The van der Waals surface area contributed by atoms with Crippen molar-refractivity contribution < 1.29 is 25.0 Å². The van der Waals surface area contributed by atoms with Crippen molar-refractivity contribution in [3.05, 3.63) is 95.2 Å². The molecule has 0 heterocycles. The SMILES string of the molecule is COc1cc(C=CC2=CC(=CN(O)Cc3ccc(O)cc3)C(=O)C=C2)ccc1O. The summed E-state index contributed by atoms with van der Waals surface area (Å²) >= 11 is 0. The summed E-state index contributed by atoms with van der Waals surface area (Å²) in [5.41, 5.74) is 2.73. The number of ether oxygens (including phenoxy) is 1. The van der Waals surface area contributed by atoms with Crippen LogP contribution < -0.4 is 4.74 Å². The number of nitrogens with zero attached hydrogens (tertiary/aromatic N) is 1. The first kappa shape index (κ1) is 20.0. The minimum absolute atomic E-state index is 0.0638. The number of ketones is 1. The number of phenolic OH excluding ortho intramolecular Hbond substituents is 2. The van der Waals surface area contributed by atoms with Gasteiger partial charge in [0.05, 0.1) is 13.7 Å². The van der Waals surface area contributed by atoms with Crippen molar-refractivity contribution >= 4 is 11.9 Å². The minimum atomic E-state index is -0.210. The molecule has 1 aliphatic rings. The average Bonchev–Trinajstić information content (AvgIpc) is 2.71. The number of benzene rings is 2. The van der Waals surface area contributed by atoms with Crippen LogP contribution in [0.3, 0.4) is 0 Å². The first-order valence-corrected chi connectivity index (χ1v) is 8.89. The lowest BCUT2D eigenvalue weighted by molar-refractivity contribution is -0.111. The Hall–Kier alpha value is -3.77. The van der Waals surface area contributed by atoms with E-state index in [4.69, 9.17) is 4.74 Å². The number of aromatic hydroxyl groups is 2. The van der Waals surface area contributed by atoms with Crippen molar-refractivity contribution in [1.82, 2.24) is 5.06 Å². The van der Waals surface area contributed by atoms with Crippen molar-refractivity contribution in [3.63, 3.8) is 0 Å². The molecule has 3 rings (SSSR count). The number of hydrogen-bond acceptors (Lipinski definition) is 6. The van der Waals surface area contributed by atoms with Gasteiger partial charge in [-0.2, -0.15) is 0 Å². The molecule has 6 heteroatoms. The predicted octanol–water partition coefficient (Wildman–Crippen LogP) is 3.96. The van der Waals surface area contributed by atoms with Crippen LogP contribution in [0.1, 0.15) is 11.1 Å². The van der Waals surface area contributed by atoms with Gasteiger partial charge in [-0.25, -0.2) is 0 Å². The highest BCUT2D eigenvalue weighted by atomic mass is 16.5. The number of methoxy groups -OCH3 is 1. The third-order valence-electron chi connectivity index (χ3n) is 4.27. The average molecular weight is 391 g/mol. The van der Waals surface area contributed by atoms with Crippen LogP contribution in [0.2, 0.25) is 0 Å². The molecule has 0 bridgehead atoms. The molecule has 2 aromatic rings. The van der Waals surface area contributed by atoms with Gasteiger partial charge in [0.1, 0.15) is 5.75 Å². The molecule has 0 fully saturated rings. The first-order valence-electron chi connectivity index (χ1n) is 8.89. The van der Waals surface area contributed by atoms with Crippen LogP contribution in [-0.2, 0) is 11.3 Å². The number of rotatable bonds is 6. The molecule has 0 radical (unpaired) electrons. The summed E-state index contributed by atoms with van der Waals surface area (Å²) in [6.07, 6.45) is 9.84. The van der Waals surface area contributed by atoms with E-state index in [2.05, 4.69) is 0 Å². The van der Waals surface area contributed by atoms with Gasteiger partial charge < -0.3 is 14.9 Å². The van der Waals surface area contributed by atoms with E-state index < -0.39 is 0 Å². The molecule has 0 spiro atoms. The van der Waals surface area contributed by atoms with Gasteiger partial charge in [0, 0.05) is 11.8 Å². The molecular formula is C23H21NO5. The number of hydrogen-bond donors (Lipinski definition) is 3. The Morgan fingerprint density at radius 1 is 1.03 bits per heavy atom. The number of allylic oxidation sites excluding steroid dienone is 6. The minimum Gasteiger partial charge on any atom is -0.508 e. The van der Waals surface area contributed by atoms with E-state index in [1.165, 1.54) is 31.5 Å².